The Kier molecular flexibility index (Phi) is 6.24. The zero-order chi connectivity index (χ0) is 14.4. The van der Waals surface area contributed by atoms with Crippen LogP contribution in [0.4, 0.5) is 5.69 Å². The van der Waals surface area contributed by atoms with Gasteiger partial charge in [0, 0.05) is 11.8 Å². The Balaban J connectivity index is 2.83. The van der Waals surface area contributed by atoms with E-state index in [1.54, 1.807) is 19.2 Å². The number of ether oxygens (including phenoxy) is 1. The predicted molar refractivity (Wildman–Crippen MR) is 84.5 cm³/mol. The summed E-state index contributed by atoms with van der Waals surface area (Å²) in [4.78, 5) is 12.3. The first-order chi connectivity index (χ1) is 8.99. The number of hydrogen-bond acceptors (Lipinski definition) is 3. The molecule has 0 saturated carbocycles. The quantitative estimate of drug-likeness (QED) is 0.778. The number of hydrogen-bond donors (Lipinski definition) is 2. The molecule has 0 aliphatic rings. The van der Waals surface area contributed by atoms with Crippen LogP contribution in [0.25, 0.3) is 0 Å². The number of nitrogens with one attached hydrogen (secondary N) is 1. The van der Waals surface area contributed by atoms with Crippen LogP contribution in [0, 0.1) is 5.92 Å². The van der Waals surface area contributed by atoms with Gasteiger partial charge in [-0.05, 0) is 34.5 Å². The molecular formula is C13H17BrN2O2S. The van der Waals surface area contributed by atoms with E-state index in [9.17, 15) is 4.79 Å². The second kappa shape index (κ2) is 7.45. The molecule has 0 spiro atoms. The topological polar surface area (TPSA) is 64.3 Å². The van der Waals surface area contributed by atoms with E-state index in [0.717, 1.165) is 10.9 Å². The highest BCUT2D eigenvalue weighted by molar-refractivity contribution is 9.10. The van der Waals surface area contributed by atoms with Gasteiger partial charge >= 0.3 is 0 Å². The second-order valence-corrected chi connectivity index (χ2v) is 5.41. The lowest BCUT2D eigenvalue weighted by molar-refractivity contribution is -0.118. The molecule has 1 atom stereocenters. The lowest BCUT2D eigenvalue weighted by Crippen LogP contribution is -2.33. The van der Waals surface area contributed by atoms with Crippen molar-refractivity contribution in [3.8, 4) is 5.75 Å². The maximum atomic E-state index is 12.1. The van der Waals surface area contributed by atoms with Gasteiger partial charge in [-0.15, -0.1) is 0 Å². The molecular weight excluding hydrogens is 328 g/mol. The summed E-state index contributed by atoms with van der Waals surface area (Å²) in [7, 11) is 1.57. The smallest absolute Gasteiger partial charge is 0.234 e. The van der Waals surface area contributed by atoms with Gasteiger partial charge in [-0.25, -0.2) is 0 Å². The first-order valence-electron chi connectivity index (χ1n) is 5.93. The van der Waals surface area contributed by atoms with E-state index < -0.39 is 5.92 Å². The minimum Gasteiger partial charge on any atom is -0.495 e. The van der Waals surface area contributed by atoms with Crippen molar-refractivity contribution < 1.29 is 9.53 Å². The van der Waals surface area contributed by atoms with E-state index in [2.05, 4.69) is 21.2 Å². The first-order valence-corrected chi connectivity index (χ1v) is 7.13. The van der Waals surface area contributed by atoms with Crippen LogP contribution >= 0.6 is 28.1 Å². The lowest BCUT2D eigenvalue weighted by atomic mass is 10.0. The summed E-state index contributed by atoms with van der Waals surface area (Å²) in [5.41, 5.74) is 6.25. The lowest BCUT2D eigenvalue weighted by Gasteiger charge is -2.15. The summed E-state index contributed by atoms with van der Waals surface area (Å²) in [6.45, 7) is 1.99. The summed E-state index contributed by atoms with van der Waals surface area (Å²) in [6, 6.07) is 5.33. The number of carbonyl (C=O) groups is 1. The number of halogens is 1. The van der Waals surface area contributed by atoms with Gasteiger partial charge in [-0.1, -0.05) is 25.6 Å². The number of benzene rings is 1. The largest absolute Gasteiger partial charge is 0.495 e. The van der Waals surface area contributed by atoms with Crippen LogP contribution in [-0.4, -0.2) is 18.0 Å². The number of methoxy groups -OCH3 is 1. The standard InChI is InChI=1S/C13H17BrN2O2S/c1-3-4-9(12(15)19)13(17)16-8-5-6-10(14)11(7-8)18-2/h5-7,9H,3-4H2,1-2H3,(H2,15,19)(H,16,17). The van der Waals surface area contributed by atoms with Crippen molar-refractivity contribution in [3.63, 3.8) is 0 Å². The van der Waals surface area contributed by atoms with Crippen molar-refractivity contribution in [2.75, 3.05) is 12.4 Å². The van der Waals surface area contributed by atoms with Gasteiger partial charge in [-0.3, -0.25) is 4.79 Å². The Hall–Kier alpha value is -1.14. The summed E-state index contributed by atoms with van der Waals surface area (Å²) < 4.78 is 6.00. The Morgan fingerprint density at radius 2 is 2.26 bits per heavy atom. The van der Waals surface area contributed by atoms with Crippen molar-refractivity contribution in [1.82, 2.24) is 0 Å². The van der Waals surface area contributed by atoms with Crippen molar-refractivity contribution in [2.24, 2.45) is 11.7 Å². The summed E-state index contributed by atoms with van der Waals surface area (Å²) in [6.07, 6.45) is 1.49. The van der Waals surface area contributed by atoms with Crippen LogP contribution < -0.4 is 15.8 Å². The average Bonchev–Trinajstić information content (AvgIpc) is 2.37. The number of carbonyl (C=O) groups excluding carboxylic acids is 1. The minimum absolute atomic E-state index is 0.182. The minimum atomic E-state index is -0.436. The highest BCUT2D eigenvalue weighted by Gasteiger charge is 2.20. The van der Waals surface area contributed by atoms with Crippen molar-refractivity contribution in [2.45, 2.75) is 19.8 Å². The molecule has 1 unspecified atom stereocenters. The Labute approximate surface area is 126 Å². The van der Waals surface area contributed by atoms with E-state index >= 15 is 0 Å². The van der Waals surface area contributed by atoms with Crippen molar-refractivity contribution in [3.05, 3.63) is 22.7 Å². The Bertz CT molecular complexity index is 480. The van der Waals surface area contributed by atoms with Gasteiger partial charge in [0.15, 0.2) is 0 Å². The molecule has 1 rings (SSSR count). The molecule has 0 bridgehead atoms. The fourth-order valence-electron chi connectivity index (χ4n) is 1.66. The Morgan fingerprint density at radius 3 is 2.79 bits per heavy atom. The van der Waals surface area contributed by atoms with Gasteiger partial charge in [0.2, 0.25) is 5.91 Å². The number of amides is 1. The predicted octanol–water partition coefficient (Wildman–Crippen LogP) is 3.10. The molecule has 0 heterocycles. The first kappa shape index (κ1) is 15.9. The molecule has 4 nitrogen and oxygen atoms in total. The van der Waals surface area contributed by atoms with E-state index in [0.29, 0.717) is 17.9 Å². The fraction of sp³-hybridized carbons (Fsp3) is 0.385. The SMILES string of the molecule is CCCC(C(=O)Nc1ccc(Br)c(OC)c1)C(N)=S. The monoisotopic (exact) mass is 344 g/mol. The van der Waals surface area contributed by atoms with Crippen LogP contribution in [-0.2, 0) is 4.79 Å². The molecule has 1 aromatic carbocycles. The third-order valence-corrected chi connectivity index (χ3v) is 3.60. The molecule has 0 aliphatic carbocycles. The third kappa shape index (κ3) is 4.47. The van der Waals surface area contributed by atoms with Crippen LogP contribution in [0.15, 0.2) is 22.7 Å². The number of nitrogens with two attached hydrogens (primary N) is 1. The number of rotatable bonds is 6. The van der Waals surface area contributed by atoms with Gasteiger partial charge in [-0.2, -0.15) is 0 Å². The van der Waals surface area contributed by atoms with E-state index in [1.165, 1.54) is 0 Å². The molecule has 104 valence electrons. The van der Waals surface area contributed by atoms with Crippen LogP contribution in [0.1, 0.15) is 19.8 Å². The van der Waals surface area contributed by atoms with Crippen molar-refractivity contribution in [1.29, 1.82) is 0 Å². The normalized spacial score (nSPS) is 11.7. The molecule has 0 fully saturated rings. The summed E-state index contributed by atoms with van der Waals surface area (Å²) in [5.74, 6) is 0.0357. The number of thiocarbonyl (C=S) groups is 1. The van der Waals surface area contributed by atoms with Gasteiger partial charge < -0.3 is 15.8 Å². The van der Waals surface area contributed by atoms with E-state index in [-0.39, 0.29) is 10.9 Å². The van der Waals surface area contributed by atoms with Crippen LogP contribution in [0.2, 0.25) is 0 Å². The fourth-order valence-corrected chi connectivity index (χ4v) is 2.29. The number of anilines is 1. The zero-order valence-electron chi connectivity index (χ0n) is 10.9. The molecule has 0 saturated heterocycles. The maximum absolute atomic E-state index is 12.1. The highest BCUT2D eigenvalue weighted by atomic mass is 79.9. The zero-order valence-corrected chi connectivity index (χ0v) is 13.3. The third-order valence-electron chi connectivity index (χ3n) is 2.66. The van der Waals surface area contributed by atoms with Crippen LogP contribution in [0.5, 0.6) is 5.75 Å². The van der Waals surface area contributed by atoms with Gasteiger partial charge in [0.1, 0.15) is 5.75 Å². The molecule has 19 heavy (non-hydrogen) atoms. The summed E-state index contributed by atoms with van der Waals surface area (Å²) in [5, 5.41) is 2.80. The molecule has 0 aliphatic heterocycles. The van der Waals surface area contributed by atoms with Gasteiger partial charge in [0.25, 0.3) is 0 Å². The average molecular weight is 345 g/mol. The Morgan fingerprint density at radius 1 is 1.58 bits per heavy atom. The molecule has 0 aromatic heterocycles. The molecule has 6 heteroatoms. The maximum Gasteiger partial charge on any atom is 0.234 e. The molecule has 0 radical (unpaired) electrons. The van der Waals surface area contributed by atoms with Crippen molar-refractivity contribution >= 4 is 44.7 Å². The van der Waals surface area contributed by atoms with E-state index in [1.807, 2.05) is 13.0 Å². The molecule has 1 amide bonds. The van der Waals surface area contributed by atoms with Gasteiger partial charge in [0.05, 0.1) is 22.5 Å². The molecule has 1 aromatic rings. The molecule has 3 N–H and O–H groups in total. The van der Waals surface area contributed by atoms with Crippen LogP contribution in [0.3, 0.4) is 0 Å². The van der Waals surface area contributed by atoms with E-state index in [4.69, 9.17) is 22.7 Å². The highest BCUT2D eigenvalue weighted by Crippen LogP contribution is 2.28. The summed E-state index contributed by atoms with van der Waals surface area (Å²) >= 11 is 8.28. The second-order valence-electron chi connectivity index (χ2n) is 4.08.